The zero-order valence-electron chi connectivity index (χ0n) is 16.0. The van der Waals surface area contributed by atoms with Gasteiger partial charge >= 0.3 is 5.97 Å². The summed E-state index contributed by atoms with van der Waals surface area (Å²) < 4.78 is 12.0. The lowest BCUT2D eigenvalue weighted by Crippen LogP contribution is -2.51. The highest BCUT2D eigenvalue weighted by Gasteiger charge is 2.48. The number of hydrogen-bond acceptors (Lipinski definition) is 5. The average molecular weight is 359 g/mol. The van der Waals surface area contributed by atoms with Gasteiger partial charge in [0, 0.05) is 5.92 Å². The van der Waals surface area contributed by atoms with Crippen molar-refractivity contribution in [2.24, 2.45) is 5.92 Å². The first-order valence-corrected chi connectivity index (χ1v) is 11.1. The Bertz CT molecular complexity index is 425. The van der Waals surface area contributed by atoms with Crippen molar-refractivity contribution < 1.29 is 24.2 Å². The minimum Gasteiger partial charge on any atom is -0.457 e. The summed E-state index contributed by atoms with van der Waals surface area (Å²) in [5.41, 5.74) is 1.08. The van der Waals surface area contributed by atoms with Crippen molar-refractivity contribution >= 4 is 14.3 Å². The number of ether oxygens (including phenoxy) is 1. The fraction of sp³-hybridized carbons (Fsp3) is 0.833. The lowest BCUT2D eigenvalue weighted by atomic mass is 10.00. The molecule has 0 unspecified atom stereocenters. The first-order chi connectivity index (χ1) is 11.1. The lowest BCUT2D eigenvalue weighted by molar-refractivity contribution is -0.164. The Labute approximate surface area is 147 Å². The number of cyclic esters (lactones) is 1. The van der Waals surface area contributed by atoms with Crippen molar-refractivity contribution in [2.45, 2.75) is 83.4 Å². The Hall–Kier alpha value is -0.693. The minimum absolute atomic E-state index is 0.182. The van der Waals surface area contributed by atoms with Gasteiger partial charge in [-0.05, 0) is 22.7 Å². The van der Waals surface area contributed by atoms with E-state index in [9.17, 15) is 9.90 Å². The molecule has 0 fully saturated rings. The van der Waals surface area contributed by atoms with E-state index in [1.807, 2.05) is 13.0 Å². The van der Waals surface area contributed by atoms with Crippen molar-refractivity contribution in [3.05, 3.63) is 12.2 Å². The molecule has 1 aliphatic heterocycles. The van der Waals surface area contributed by atoms with E-state index in [4.69, 9.17) is 14.3 Å². The predicted octanol–water partition coefficient (Wildman–Crippen LogP) is 3.02. The van der Waals surface area contributed by atoms with Crippen LogP contribution in [-0.4, -0.2) is 49.4 Å². The summed E-state index contributed by atoms with van der Waals surface area (Å²) in [6.45, 7) is 14.4. The third kappa shape index (κ3) is 4.28. The number of rotatable bonds is 7. The van der Waals surface area contributed by atoms with E-state index in [1.54, 1.807) is 6.08 Å². The van der Waals surface area contributed by atoms with Crippen LogP contribution in [-0.2, 0) is 14.0 Å². The first kappa shape index (κ1) is 21.3. The van der Waals surface area contributed by atoms with E-state index in [-0.39, 0.29) is 5.92 Å². The Morgan fingerprint density at radius 2 is 1.62 bits per heavy atom. The standard InChI is InChI=1S/C18H34O5Si/c1-11(2)24(12(3)4,13(5)6)23-16-9-8-14(7)17(15(20)10-19)22-18(16)21/h8-9,11-17,19-20H,10H2,1-7H3/t14-,15-,16+,17-/m1/s1. The van der Waals surface area contributed by atoms with Crippen LogP contribution in [0.15, 0.2) is 12.2 Å². The Kier molecular flexibility index (Phi) is 7.65. The van der Waals surface area contributed by atoms with Crippen LogP contribution in [0.5, 0.6) is 0 Å². The molecule has 0 aromatic heterocycles. The molecule has 0 radical (unpaired) electrons. The van der Waals surface area contributed by atoms with Gasteiger partial charge in [-0.2, -0.15) is 0 Å². The van der Waals surface area contributed by atoms with Crippen LogP contribution in [0.3, 0.4) is 0 Å². The van der Waals surface area contributed by atoms with Gasteiger partial charge in [-0.3, -0.25) is 0 Å². The van der Waals surface area contributed by atoms with Crippen LogP contribution in [0.4, 0.5) is 0 Å². The second-order valence-electron chi connectivity index (χ2n) is 7.75. The summed E-state index contributed by atoms with van der Waals surface area (Å²) in [5.74, 6) is -0.662. The summed E-state index contributed by atoms with van der Waals surface area (Å²) in [6, 6.07) is 0. The van der Waals surface area contributed by atoms with Gasteiger partial charge in [-0.25, -0.2) is 4.79 Å². The molecule has 2 N–H and O–H groups in total. The van der Waals surface area contributed by atoms with E-state index in [0.29, 0.717) is 16.6 Å². The topological polar surface area (TPSA) is 76.0 Å². The molecule has 140 valence electrons. The molecule has 0 amide bonds. The van der Waals surface area contributed by atoms with E-state index < -0.39 is 39.2 Å². The van der Waals surface area contributed by atoms with Crippen LogP contribution >= 0.6 is 0 Å². The molecule has 0 aliphatic carbocycles. The quantitative estimate of drug-likeness (QED) is 0.416. The summed E-state index contributed by atoms with van der Waals surface area (Å²) in [4.78, 5) is 12.6. The van der Waals surface area contributed by atoms with Crippen molar-refractivity contribution in [2.75, 3.05) is 6.61 Å². The predicted molar refractivity (Wildman–Crippen MR) is 97.2 cm³/mol. The normalized spacial score (nSPS) is 26.8. The van der Waals surface area contributed by atoms with Crippen LogP contribution in [0.2, 0.25) is 16.6 Å². The van der Waals surface area contributed by atoms with Gasteiger partial charge < -0.3 is 19.4 Å². The number of aliphatic hydroxyl groups excluding tert-OH is 2. The van der Waals surface area contributed by atoms with E-state index in [2.05, 4.69) is 41.5 Å². The monoisotopic (exact) mass is 358 g/mol. The molecule has 6 heteroatoms. The van der Waals surface area contributed by atoms with E-state index >= 15 is 0 Å². The third-order valence-electron chi connectivity index (χ3n) is 5.20. The zero-order valence-corrected chi connectivity index (χ0v) is 17.0. The van der Waals surface area contributed by atoms with Crippen molar-refractivity contribution in [1.29, 1.82) is 0 Å². The lowest BCUT2D eigenvalue weighted by Gasteiger charge is -2.43. The summed E-state index contributed by atoms with van der Waals surface area (Å²) >= 11 is 0. The molecule has 0 aromatic rings. The molecular formula is C18H34O5Si. The number of aliphatic hydroxyl groups is 2. The van der Waals surface area contributed by atoms with Crippen LogP contribution in [0, 0.1) is 5.92 Å². The zero-order chi connectivity index (χ0) is 18.7. The van der Waals surface area contributed by atoms with Gasteiger partial charge in [0.25, 0.3) is 0 Å². The fourth-order valence-electron chi connectivity index (χ4n) is 4.02. The summed E-state index contributed by atoms with van der Waals surface area (Å²) in [6.07, 6.45) is 1.02. The van der Waals surface area contributed by atoms with Gasteiger partial charge in [0.15, 0.2) is 6.10 Å². The molecule has 0 aromatic carbocycles. The molecule has 1 heterocycles. The van der Waals surface area contributed by atoms with E-state index in [0.717, 1.165) is 0 Å². The van der Waals surface area contributed by atoms with Crippen molar-refractivity contribution in [3.63, 3.8) is 0 Å². The Morgan fingerprint density at radius 1 is 1.12 bits per heavy atom. The molecule has 4 atom stereocenters. The molecule has 1 aliphatic rings. The van der Waals surface area contributed by atoms with Crippen molar-refractivity contribution in [1.82, 2.24) is 0 Å². The Balaban J connectivity index is 3.09. The van der Waals surface area contributed by atoms with E-state index in [1.165, 1.54) is 0 Å². The number of hydrogen-bond donors (Lipinski definition) is 2. The number of carbonyl (C=O) groups is 1. The molecule has 0 spiro atoms. The van der Waals surface area contributed by atoms with Gasteiger partial charge in [-0.1, -0.05) is 54.5 Å². The Morgan fingerprint density at radius 3 is 2.04 bits per heavy atom. The largest absolute Gasteiger partial charge is 0.457 e. The van der Waals surface area contributed by atoms with Crippen LogP contribution < -0.4 is 0 Å². The first-order valence-electron chi connectivity index (χ1n) is 8.93. The number of carbonyl (C=O) groups excluding carboxylic acids is 1. The highest BCUT2D eigenvalue weighted by molar-refractivity contribution is 6.77. The molecule has 0 bridgehead atoms. The molecule has 24 heavy (non-hydrogen) atoms. The molecular weight excluding hydrogens is 324 g/mol. The second kappa shape index (κ2) is 8.60. The average Bonchev–Trinajstić information content (AvgIpc) is 2.63. The second-order valence-corrected chi connectivity index (χ2v) is 13.2. The number of esters is 1. The smallest absolute Gasteiger partial charge is 0.338 e. The molecule has 5 nitrogen and oxygen atoms in total. The maximum absolute atomic E-state index is 12.6. The molecule has 0 saturated carbocycles. The van der Waals surface area contributed by atoms with Gasteiger partial charge in [0.05, 0.1) is 6.61 Å². The van der Waals surface area contributed by atoms with Gasteiger partial charge in [0.1, 0.15) is 12.2 Å². The summed E-state index contributed by atoms with van der Waals surface area (Å²) in [5, 5.41) is 19.0. The fourth-order valence-corrected chi connectivity index (χ4v) is 9.45. The molecule has 0 saturated heterocycles. The minimum atomic E-state index is -2.22. The van der Waals surface area contributed by atoms with Gasteiger partial charge in [0.2, 0.25) is 8.32 Å². The molecule has 1 rings (SSSR count). The highest BCUT2D eigenvalue weighted by atomic mass is 28.4. The third-order valence-corrected chi connectivity index (χ3v) is 11.3. The maximum Gasteiger partial charge on any atom is 0.338 e. The highest BCUT2D eigenvalue weighted by Crippen LogP contribution is 2.43. The SMILES string of the molecule is CC(C)[Si](O[C@H]1C=C[C@@H](C)[C@H]([C@H](O)CO)OC1=O)(C(C)C)C(C)C. The van der Waals surface area contributed by atoms with Gasteiger partial charge in [-0.15, -0.1) is 0 Å². The van der Waals surface area contributed by atoms with Crippen LogP contribution in [0.1, 0.15) is 48.5 Å². The van der Waals surface area contributed by atoms with Crippen LogP contribution in [0.25, 0.3) is 0 Å². The summed E-state index contributed by atoms with van der Waals surface area (Å²) in [7, 11) is -2.22. The van der Waals surface area contributed by atoms with Crippen molar-refractivity contribution in [3.8, 4) is 0 Å². The maximum atomic E-state index is 12.6.